The van der Waals surface area contributed by atoms with E-state index in [1.165, 1.54) is 0 Å². The predicted octanol–water partition coefficient (Wildman–Crippen LogP) is 5.38. The largest absolute Gasteiger partial charge is 0.268 e. The van der Waals surface area contributed by atoms with Crippen molar-refractivity contribution in [1.29, 1.82) is 0 Å². The first kappa shape index (κ1) is 16.0. The molecule has 2 aromatic heterocycles. The van der Waals surface area contributed by atoms with Gasteiger partial charge in [-0.3, -0.25) is 9.36 Å². The van der Waals surface area contributed by atoms with Gasteiger partial charge in [0, 0.05) is 4.88 Å². The molecule has 0 atom stereocenters. The van der Waals surface area contributed by atoms with Crippen molar-refractivity contribution in [3.63, 3.8) is 0 Å². The summed E-state index contributed by atoms with van der Waals surface area (Å²) in [6.07, 6.45) is 3.87. The lowest BCUT2D eigenvalue weighted by Crippen LogP contribution is -2.22. The zero-order chi connectivity index (χ0) is 17.2. The second-order valence-corrected chi connectivity index (χ2v) is 7.93. The molecule has 0 amide bonds. The number of benzene rings is 2. The Kier molecular flexibility index (Phi) is 4.34. The summed E-state index contributed by atoms with van der Waals surface area (Å²) in [5.74, 6) is 0.611. The van der Waals surface area contributed by atoms with E-state index in [0.717, 1.165) is 14.4 Å². The molecule has 25 heavy (non-hydrogen) atoms. The van der Waals surface area contributed by atoms with Gasteiger partial charge in [-0.15, -0.1) is 11.3 Å². The lowest BCUT2D eigenvalue weighted by atomic mass is 10.2. The highest BCUT2D eigenvalue weighted by atomic mass is 79.9. The summed E-state index contributed by atoms with van der Waals surface area (Å²) in [5, 5.41) is 0.613. The minimum absolute atomic E-state index is 0.0659. The van der Waals surface area contributed by atoms with Gasteiger partial charge in [0.15, 0.2) is 0 Å². The summed E-state index contributed by atoms with van der Waals surface area (Å²) in [6.45, 7) is 0. The Balaban J connectivity index is 1.95. The van der Waals surface area contributed by atoms with Crippen molar-refractivity contribution in [3.05, 3.63) is 91.6 Å². The molecular weight excluding hydrogens is 396 g/mol. The number of nitrogens with zero attached hydrogens (tertiary/aromatic N) is 2. The zero-order valence-corrected chi connectivity index (χ0v) is 15.5. The van der Waals surface area contributed by atoms with Crippen LogP contribution in [0.5, 0.6) is 0 Å². The standard InChI is InChI=1S/C20H13BrN2OS/c21-18-12-10-15(25-18)11-13-19-22-17-9-5-4-8-16(17)20(24)23(19)14-6-2-1-3-7-14/h1-13H. The summed E-state index contributed by atoms with van der Waals surface area (Å²) >= 11 is 5.10. The van der Waals surface area contributed by atoms with Crippen LogP contribution in [0.1, 0.15) is 10.7 Å². The van der Waals surface area contributed by atoms with E-state index in [1.54, 1.807) is 15.9 Å². The van der Waals surface area contributed by atoms with E-state index in [0.29, 0.717) is 16.7 Å². The van der Waals surface area contributed by atoms with Gasteiger partial charge < -0.3 is 0 Å². The van der Waals surface area contributed by atoms with E-state index in [-0.39, 0.29) is 5.56 Å². The van der Waals surface area contributed by atoms with Gasteiger partial charge in [-0.1, -0.05) is 30.3 Å². The first-order valence-corrected chi connectivity index (χ1v) is 9.34. The van der Waals surface area contributed by atoms with Crippen LogP contribution in [0.3, 0.4) is 0 Å². The van der Waals surface area contributed by atoms with Gasteiger partial charge in [0.1, 0.15) is 5.82 Å². The maximum absolute atomic E-state index is 13.0. The van der Waals surface area contributed by atoms with Crippen LogP contribution >= 0.6 is 27.3 Å². The Labute approximate surface area is 157 Å². The SMILES string of the molecule is O=c1c2ccccc2nc(C=Cc2ccc(Br)s2)n1-c1ccccc1. The second kappa shape index (κ2) is 6.78. The number of rotatable bonds is 3. The van der Waals surface area contributed by atoms with Gasteiger partial charge in [0.05, 0.1) is 20.4 Å². The van der Waals surface area contributed by atoms with Gasteiger partial charge in [-0.2, -0.15) is 0 Å². The number of thiophene rings is 1. The van der Waals surface area contributed by atoms with E-state index in [2.05, 4.69) is 15.9 Å². The average molecular weight is 409 g/mol. The van der Waals surface area contributed by atoms with E-state index >= 15 is 0 Å². The molecular formula is C20H13BrN2OS. The summed E-state index contributed by atoms with van der Waals surface area (Å²) in [5.41, 5.74) is 1.44. The molecule has 0 saturated carbocycles. The topological polar surface area (TPSA) is 34.9 Å². The molecule has 0 saturated heterocycles. The molecule has 0 fully saturated rings. The van der Waals surface area contributed by atoms with Crippen LogP contribution in [-0.2, 0) is 0 Å². The van der Waals surface area contributed by atoms with Crippen molar-refractivity contribution in [2.75, 3.05) is 0 Å². The van der Waals surface area contributed by atoms with Crippen LogP contribution in [0.25, 0.3) is 28.7 Å². The van der Waals surface area contributed by atoms with Crippen LogP contribution in [0.4, 0.5) is 0 Å². The molecule has 0 bridgehead atoms. The lowest BCUT2D eigenvalue weighted by Gasteiger charge is -2.11. The second-order valence-electron chi connectivity index (χ2n) is 5.44. The highest BCUT2D eigenvalue weighted by molar-refractivity contribution is 9.11. The van der Waals surface area contributed by atoms with E-state index < -0.39 is 0 Å². The number of para-hydroxylation sites is 2. The molecule has 0 N–H and O–H groups in total. The van der Waals surface area contributed by atoms with Crippen LogP contribution in [0.15, 0.2) is 75.3 Å². The Hall–Kier alpha value is -2.50. The fourth-order valence-corrected chi connectivity index (χ4v) is 3.99. The maximum atomic E-state index is 13.0. The lowest BCUT2D eigenvalue weighted by molar-refractivity contribution is 0.944. The molecule has 3 nitrogen and oxygen atoms in total. The molecule has 2 aromatic carbocycles. The molecule has 0 aliphatic rings. The van der Waals surface area contributed by atoms with Crippen molar-refractivity contribution in [3.8, 4) is 5.69 Å². The summed E-state index contributed by atoms with van der Waals surface area (Å²) in [4.78, 5) is 18.8. The van der Waals surface area contributed by atoms with Crippen molar-refractivity contribution in [2.45, 2.75) is 0 Å². The van der Waals surface area contributed by atoms with Crippen molar-refractivity contribution in [1.82, 2.24) is 9.55 Å². The normalized spacial score (nSPS) is 11.4. The molecule has 0 aliphatic carbocycles. The third-order valence-corrected chi connectivity index (χ3v) is 5.40. The average Bonchev–Trinajstić information content (AvgIpc) is 3.06. The fraction of sp³-hybridized carbons (Fsp3) is 0. The smallest absolute Gasteiger partial charge is 0.266 e. The van der Waals surface area contributed by atoms with E-state index in [9.17, 15) is 4.79 Å². The zero-order valence-electron chi connectivity index (χ0n) is 13.1. The summed E-state index contributed by atoms with van der Waals surface area (Å²) in [6, 6.07) is 21.1. The molecule has 122 valence electrons. The minimum atomic E-state index is -0.0659. The minimum Gasteiger partial charge on any atom is -0.268 e. The first-order chi connectivity index (χ1) is 12.2. The molecule has 4 aromatic rings. The molecule has 5 heteroatoms. The highest BCUT2D eigenvalue weighted by Crippen LogP contribution is 2.24. The Bertz CT molecular complexity index is 1130. The van der Waals surface area contributed by atoms with Crippen molar-refractivity contribution >= 4 is 50.3 Å². The number of halogens is 1. The summed E-state index contributed by atoms with van der Waals surface area (Å²) < 4.78 is 2.72. The maximum Gasteiger partial charge on any atom is 0.266 e. The first-order valence-electron chi connectivity index (χ1n) is 7.73. The molecule has 0 aliphatic heterocycles. The van der Waals surface area contributed by atoms with E-state index in [4.69, 9.17) is 4.98 Å². The van der Waals surface area contributed by atoms with Crippen LogP contribution in [0.2, 0.25) is 0 Å². The van der Waals surface area contributed by atoms with Gasteiger partial charge in [-0.05, 0) is 64.5 Å². The van der Waals surface area contributed by atoms with Crippen LogP contribution < -0.4 is 5.56 Å². The predicted molar refractivity (Wildman–Crippen MR) is 108 cm³/mol. The van der Waals surface area contributed by atoms with Crippen LogP contribution in [-0.4, -0.2) is 9.55 Å². The summed E-state index contributed by atoms with van der Waals surface area (Å²) in [7, 11) is 0. The van der Waals surface area contributed by atoms with Gasteiger partial charge in [0.25, 0.3) is 5.56 Å². The molecule has 0 spiro atoms. The van der Waals surface area contributed by atoms with Gasteiger partial charge in [0.2, 0.25) is 0 Å². The van der Waals surface area contributed by atoms with E-state index in [1.807, 2.05) is 78.9 Å². The molecule has 4 rings (SSSR count). The Morgan fingerprint density at radius 2 is 1.68 bits per heavy atom. The monoisotopic (exact) mass is 408 g/mol. The highest BCUT2D eigenvalue weighted by Gasteiger charge is 2.10. The number of aromatic nitrogens is 2. The van der Waals surface area contributed by atoms with Crippen molar-refractivity contribution in [2.24, 2.45) is 0 Å². The third kappa shape index (κ3) is 3.21. The molecule has 0 unspecified atom stereocenters. The number of hydrogen-bond acceptors (Lipinski definition) is 3. The number of fused-ring (bicyclic) bond motifs is 1. The number of hydrogen-bond donors (Lipinski definition) is 0. The Morgan fingerprint density at radius 3 is 2.44 bits per heavy atom. The van der Waals surface area contributed by atoms with Gasteiger partial charge >= 0.3 is 0 Å². The Morgan fingerprint density at radius 1 is 0.920 bits per heavy atom. The quantitative estimate of drug-likeness (QED) is 0.455. The molecule has 2 heterocycles. The van der Waals surface area contributed by atoms with Crippen LogP contribution in [0, 0.1) is 0 Å². The van der Waals surface area contributed by atoms with Gasteiger partial charge in [-0.25, -0.2) is 4.98 Å². The van der Waals surface area contributed by atoms with Crippen molar-refractivity contribution < 1.29 is 0 Å². The fourth-order valence-electron chi connectivity index (χ4n) is 2.66. The third-order valence-electron chi connectivity index (χ3n) is 3.81. The molecule has 0 radical (unpaired) electrons.